The Hall–Kier alpha value is -0.600. The van der Waals surface area contributed by atoms with Gasteiger partial charge in [0.25, 0.3) is 0 Å². The Morgan fingerprint density at radius 1 is 1.21 bits per heavy atom. The highest BCUT2D eigenvalue weighted by atomic mass is 15.1. The second-order valence-electron chi connectivity index (χ2n) is 4.25. The molecule has 1 rings (SSSR count). The summed E-state index contributed by atoms with van der Waals surface area (Å²) in [6.45, 7) is 17.5. The van der Waals surface area contributed by atoms with E-state index >= 15 is 0 Å². The zero-order valence-electron chi connectivity index (χ0n) is 14.1. The summed E-state index contributed by atoms with van der Waals surface area (Å²) in [5, 5.41) is 3.36. The van der Waals surface area contributed by atoms with E-state index < -0.39 is 0 Å². The van der Waals surface area contributed by atoms with E-state index in [1.165, 1.54) is 31.5 Å². The van der Waals surface area contributed by atoms with Gasteiger partial charge in [-0.25, -0.2) is 0 Å². The average molecular weight is 268 g/mol. The fourth-order valence-electron chi connectivity index (χ4n) is 2.12. The first-order chi connectivity index (χ1) is 9.30. The van der Waals surface area contributed by atoms with E-state index in [1.54, 1.807) is 0 Å². The van der Waals surface area contributed by atoms with Crippen molar-refractivity contribution in [1.29, 1.82) is 0 Å². The highest BCUT2D eigenvalue weighted by Crippen LogP contribution is 2.13. The molecular formula is C17H36N2. The van der Waals surface area contributed by atoms with Gasteiger partial charge in [-0.3, -0.25) is 4.90 Å². The zero-order valence-corrected chi connectivity index (χ0v) is 14.1. The molecule has 2 nitrogen and oxygen atoms in total. The Morgan fingerprint density at radius 3 is 2.11 bits per heavy atom. The van der Waals surface area contributed by atoms with Crippen molar-refractivity contribution >= 4 is 0 Å². The molecule has 19 heavy (non-hydrogen) atoms. The monoisotopic (exact) mass is 268 g/mol. The van der Waals surface area contributed by atoms with Crippen LogP contribution in [-0.2, 0) is 0 Å². The molecule has 1 aliphatic heterocycles. The lowest BCUT2D eigenvalue weighted by atomic mass is 10.0. The molecule has 0 radical (unpaired) electrons. The molecule has 1 N–H and O–H groups in total. The Balaban J connectivity index is 0. The van der Waals surface area contributed by atoms with Crippen molar-refractivity contribution in [1.82, 2.24) is 10.2 Å². The van der Waals surface area contributed by atoms with Crippen LogP contribution in [0, 0.1) is 0 Å². The van der Waals surface area contributed by atoms with Crippen LogP contribution in [0.15, 0.2) is 24.3 Å². The van der Waals surface area contributed by atoms with E-state index in [1.807, 2.05) is 33.8 Å². The number of hydrogen-bond acceptors (Lipinski definition) is 2. The lowest BCUT2D eigenvalue weighted by molar-refractivity contribution is 0.215. The predicted molar refractivity (Wildman–Crippen MR) is 89.8 cm³/mol. The number of allylic oxidation sites excluding steroid dienone is 2. The van der Waals surface area contributed by atoms with Crippen LogP contribution in [-0.4, -0.2) is 37.6 Å². The van der Waals surface area contributed by atoms with E-state index in [2.05, 4.69) is 36.8 Å². The Bertz CT molecular complexity index is 213. The van der Waals surface area contributed by atoms with Crippen molar-refractivity contribution in [2.75, 3.05) is 26.7 Å². The molecule has 1 saturated heterocycles. The fraction of sp³-hybridized carbons (Fsp3) is 0.765. The van der Waals surface area contributed by atoms with E-state index in [-0.39, 0.29) is 0 Å². The molecule has 0 atom stereocenters. The van der Waals surface area contributed by atoms with Crippen molar-refractivity contribution in [3.63, 3.8) is 0 Å². The quantitative estimate of drug-likeness (QED) is 0.750. The van der Waals surface area contributed by atoms with Crippen molar-refractivity contribution in [3.8, 4) is 0 Å². The van der Waals surface area contributed by atoms with Gasteiger partial charge < -0.3 is 5.32 Å². The van der Waals surface area contributed by atoms with Gasteiger partial charge in [-0.1, -0.05) is 58.9 Å². The van der Waals surface area contributed by atoms with Gasteiger partial charge >= 0.3 is 0 Å². The number of rotatable bonds is 5. The van der Waals surface area contributed by atoms with Crippen LogP contribution in [0.1, 0.15) is 53.9 Å². The number of piperidine rings is 1. The van der Waals surface area contributed by atoms with Crippen LogP contribution in [0.5, 0.6) is 0 Å². The molecular weight excluding hydrogens is 232 g/mol. The molecule has 0 aliphatic carbocycles. The normalized spacial score (nSPS) is 16.8. The molecule has 0 aromatic carbocycles. The largest absolute Gasteiger partial charge is 0.317 e. The molecule has 1 fully saturated rings. The van der Waals surface area contributed by atoms with Gasteiger partial charge in [0.15, 0.2) is 0 Å². The van der Waals surface area contributed by atoms with Crippen LogP contribution in [0.25, 0.3) is 0 Å². The number of nitrogens with zero attached hydrogens (tertiary/aromatic N) is 1. The summed E-state index contributed by atoms with van der Waals surface area (Å²) in [6.07, 6.45) is 7.75. The standard InChI is InChI=1S/C13H24N2.2C2H6/c1-4-6-12(5-2)11-15-9-7-13(14-3)8-10-15;2*1-2/h4,6,13-14H,1,5,7-11H2,2-3H3;2*1-2H3/b12-6+;;. The summed E-state index contributed by atoms with van der Waals surface area (Å²) in [5.74, 6) is 0. The lowest BCUT2D eigenvalue weighted by Gasteiger charge is -2.32. The maximum Gasteiger partial charge on any atom is 0.0195 e. The topological polar surface area (TPSA) is 15.3 Å². The maximum atomic E-state index is 3.76. The van der Waals surface area contributed by atoms with Gasteiger partial charge in [-0.15, -0.1) is 0 Å². The van der Waals surface area contributed by atoms with Gasteiger partial charge in [0.2, 0.25) is 0 Å². The molecule has 2 heteroatoms. The number of hydrogen-bond donors (Lipinski definition) is 1. The second-order valence-corrected chi connectivity index (χ2v) is 4.25. The van der Waals surface area contributed by atoms with Crippen molar-refractivity contribution in [2.45, 2.75) is 59.9 Å². The third-order valence-electron chi connectivity index (χ3n) is 3.23. The smallest absolute Gasteiger partial charge is 0.0195 e. The van der Waals surface area contributed by atoms with Crippen LogP contribution in [0.2, 0.25) is 0 Å². The third kappa shape index (κ3) is 9.92. The molecule has 1 aliphatic rings. The Labute approximate surface area is 122 Å². The molecule has 0 aromatic rings. The number of nitrogens with one attached hydrogen (secondary N) is 1. The molecule has 0 spiro atoms. The summed E-state index contributed by atoms with van der Waals surface area (Å²) in [5.41, 5.74) is 1.49. The average Bonchev–Trinajstić information content (AvgIpc) is 2.51. The van der Waals surface area contributed by atoms with Gasteiger partial charge in [-0.05, 0) is 39.4 Å². The first-order valence-electron chi connectivity index (χ1n) is 8.00. The van der Waals surface area contributed by atoms with E-state index in [0.717, 1.165) is 19.0 Å². The summed E-state index contributed by atoms with van der Waals surface area (Å²) < 4.78 is 0. The predicted octanol–water partition coefficient (Wildman–Crippen LogP) is 4.25. The summed E-state index contributed by atoms with van der Waals surface area (Å²) in [7, 11) is 2.06. The van der Waals surface area contributed by atoms with Crippen LogP contribution >= 0.6 is 0 Å². The third-order valence-corrected chi connectivity index (χ3v) is 3.23. The molecule has 0 saturated carbocycles. The highest BCUT2D eigenvalue weighted by Gasteiger charge is 2.17. The minimum absolute atomic E-state index is 0.731. The van der Waals surface area contributed by atoms with E-state index in [9.17, 15) is 0 Å². The van der Waals surface area contributed by atoms with Crippen LogP contribution in [0.4, 0.5) is 0 Å². The summed E-state index contributed by atoms with van der Waals surface area (Å²) in [6, 6.07) is 0.731. The van der Waals surface area contributed by atoms with Crippen LogP contribution < -0.4 is 5.32 Å². The van der Waals surface area contributed by atoms with Crippen molar-refractivity contribution < 1.29 is 0 Å². The maximum absolute atomic E-state index is 3.76. The van der Waals surface area contributed by atoms with Gasteiger partial charge in [0, 0.05) is 12.6 Å². The lowest BCUT2D eigenvalue weighted by Crippen LogP contribution is -2.41. The van der Waals surface area contributed by atoms with E-state index in [0.29, 0.717) is 0 Å². The molecule has 0 amide bonds. The first-order valence-corrected chi connectivity index (χ1v) is 8.00. The van der Waals surface area contributed by atoms with Crippen molar-refractivity contribution in [3.05, 3.63) is 24.3 Å². The minimum Gasteiger partial charge on any atom is -0.317 e. The number of likely N-dealkylation sites (tertiary alicyclic amines) is 1. The molecule has 0 aromatic heterocycles. The Morgan fingerprint density at radius 2 is 1.74 bits per heavy atom. The fourth-order valence-corrected chi connectivity index (χ4v) is 2.12. The highest BCUT2D eigenvalue weighted by molar-refractivity contribution is 5.11. The van der Waals surface area contributed by atoms with E-state index in [4.69, 9.17) is 0 Å². The molecule has 114 valence electrons. The Kier molecular flexibility index (Phi) is 16.9. The molecule has 1 heterocycles. The summed E-state index contributed by atoms with van der Waals surface area (Å²) >= 11 is 0. The van der Waals surface area contributed by atoms with Gasteiger partial charge in [0.05, 0.1) is 0 Å². The minimum atomic E-state index is 0.731. The van der Waals surface area contributed by atoms with Gasteiger partial charge in [0.1, 0.15) is 0 Å². The first kappa shape index (κ1) is 20.7. The SMILES string of the molecule is C=C/C=C(\CC)CN1CCC(NC)CC1.CC.CC. The van der Waals surface area contributed by atoms with Gasteiger partial charge in [-0.2, -0.15) is 0 Å². The zero-order chi connectivity index (χ0) is 15.1. The molecule has 0 unspecified atom stereocenters. The summed E-state index contributed by atoms with van der Waals surface area (Å²) in [4.78, 5) is 2.55. The van der Waals surface area contributed by atoms with Crippen LogP contribution in [0.3, 0.4) is 0 Å². The molecule has 0 bridgehead atoms. The second kappa shape index (κ2) is 15.5. The van der Waals surface area contributed by atoms with Crippen molar-refractivity contribution in [2.24, 2.45) is 0 Å².